The van der Waals surface area contributed by atoms with E-state index in [4.69, 9.17) is 0 Å². The number of ether oxygens (including phenoxy) is 2. The van der Waals surface area contributed by atoms with Gasteiger partial charge in [-0.3, -0.25) is 4.79 Å². The molecule has 3 aromatic heterocycles. The van der Waals surface area contributed by atoms with Gasteiger partial charge in [0.2, 0.25) is 0 Å². The fourth-order valence-electron chi connectivity index (χ4n) is 4.13. The van der Waals surface area contributed by atoms with E-state index in [0.717, 1.165) is 7.11 Å². The van der Waals surface area contributed by atoms with Crippen LogP contribution in [0.3, 0.4) is 0 Å². The number of carbonyl (C=O) groups is 1. The van der Waals surface area contributed by atoms with Crippen LogP contribution < -0.4 is 10.3 Å². The van der Waals surface area contributed by atoms with Gasteiger partial charge in [0.25, 0.3) is 5.56 Å². The van der Waals surface area contributed by atoms with Gasteiger partial charge in [0.1, 0.15) is 11.4 Å². The highest BCUT2D eigenvalue weighted by Gasteiger charge is 2.40. The number of aromatic hydroxyl groups is 1. The quantitative estimate of drug-likeness (QED) is 0.613. The maximum atomic E-state index is 12.9. The number of halogens is 2. The number of nitrogens with one attached hydrogen (secondary N) is 1. The molecule has 0 bridgehead atoms. The zero-order chi connectivity index (χ0) is 22.7. The van der Waals surface area contributed by atoms with Crippen molar-refractivity contribution < 1.29 is 28.2 Å². The minimum Gasteiger partial charge on any atom is -0.506 e. The molecule has 0 amide bonds. The van der Waals surface area contributed by atoms with Gasteiger partial charge in [-0.15, -0.1) is 0 Å². The predicted molar refractivity (Wildman–Crippen MR) is 107 cm³/mol. The second kappa shape index (κ2) is 7.07. The second-order valence-electron chi connectivity index (χ2n) is 8.43. The number of aromatic amines is 1. The van der Waals surface area contributed by atoms with Gasteiger partial charge in [0, 0.05) is 17.7 Å². The molecule has 0 fully saturated rings. The number of methoxy groups -OCH3 is 1. The van der Waals surface area contributed by atoms with Crippen LogP contribution in [0.25, 0.3) is 17.0 Å². The minimum absolute atomic E-state index is 0.112. The van der Waals surface area contributed by atoms with Crippen molar-refractivity contribution in [3.63, 3.8) is 0 Å². The SMILES string of the molecule is COC(=O)c1c(O)c2c([nH]c1=O)-c1nc3c(OC(F)F)cccn3c1CC2C(C)(C)C. The summed E-state index contributed by atoms with van der Waals surface area (Å²) >= 11 is 0. The van der Waals surface area contributed by atoms with Gasteiger partial charge < -0.3 is 24.0 Å². The fraction of sp³-hybridized carbons (Fsp3) is 0.381. The lowest BCUT2D eigenvalue weighted by Crippen LogP contribution is -2.29. The average Bonchev–Trinajstić information content (AvgIpc) is 3.06. The van der Waals surface area contributed by atoms with Gasteiger partial charge in [-0.2, -0.15) is 8.78 Å². The molecule has 1 aliphatic rings. The van der Waals surface area contributed by atoms with Gasteiger partial charge in [0.05, 0.1) is 18.5 Å². The van der Waals surface area contributed by atoms with Crippen LogP contribution in [-0.4, -0.2) is 39.2 Å². The highest BCUT2D eigenvalue weighted by atomic mass is 19.3. The van der Waals surface area contributed by atoms with Gasteiger partial charge in [-0.25, -0.2) is 9.78 Å². The first-order valence-corrected chi connectivity index (χ1v) is 9.57. The number of carbonyl (C=O) groups excluding carboxylic acids is 1. The van der Waals surface area contributed by atoms with Crippen molar-refractivity contribution in [1.82, 2.24) is 14.4 Å². The fourth-order valence-corrected chi connectivity index (χ4v) is 4.13. The maximum Gasteiger partial charge on any atom is 0.387 e. The first-order chi connectivity index (χ1) is 14.5. The maximum absolute atomic E-state index is 12.9. The van der Waals surface area contributed by atoms with Gasteiger partial charge in [0.15, 0.2) is 17.0 Å². The zero-order valence-electron chi connectivity index (χ0n) is 17.3. The molecular formula is C21H21F2N3O5. The number of esters is 1. The summed E-state index contributed by atoms with van der Waals surface area (Å²) in [6.07, 6.45) is 2.05. The Labute approximate surface area is 175 Å². The van der Waals surface area contributed by atoms with Gasteiger partial charge in [-0.1, -0.05) is 20.8 Å². The Morgan fingerprint density at radius 2 is 2.10 bits per heavy atom. The summed E-state index contributed by atoms with van der Waals surface area (Å²) < 4.78 is 36.6. The Bertz CT molecular complexity index is 1260. The van der Waals surface area contributed by atoms with Crippen LogP contribution in [0.4, 0.5) is 8.78 Å². The normalized spacial score (nSPS) is 15.6. The molecule has 4 rings (SSSR count). The number of rotatable bonds is 3. The number of hydrogen-bond donors (Lipinski definition) is 2. The van der Waals surface area contributed by atoms with Crippen molar-refractivity contribution in [2.75, 3.05) is 7.11 Å². The highest BCUT2D eigenvalue weighted by molar-refractivity contribution is 5.93. The monoisotopic (exact) mass is 433 g/mol. The lowest BCUT2D eigenvalue weighted by atomic mass is 9.70. The van der Waals surface area contributed by atoms with Gasteiger partial charge in [-0.05, 0) is 24.0 Å². The zero-order valence-corrected chi connectivity index (χ0v) is 17.3. The van der Waals surface area contributed by atoms with Crippen LogP contribution in [0, 0.1) is 5.41 Å². The van der Waals surface area contributed by atoms with E-state index in [1.54, 1.807) is 16.7 Å². The summed E-state index contributed by atoms with van der Waals surface area (Å²) in [5.74, 6) is -1.85. The number of pyridine rings is 2. The summed E-state index contributed by atoms with van der Waals surface area (Å²) in [4.78, 5) is 31.9. The third kappa shape index (κ3) is 3.22. The number of fused-ring (bicyclic) bond motifs is 5. The van der Waals surface area contributed by atoms with Crippen LogP contribution in [0.15, 0.2) is 23.1 Å². The highest BCUT2D eigenvalue weighted by Crippen LogP contribution is 2.50. The van der Waals surface area contributed by atoms with E-state index in [1.165, 1.54) is 6.07 Å². The molecule has 10 heteroatoms. The Kier molecular flexibility index (Phi) is 4.75. The van der Waals surface area contributed by atoms with E-state index in [9.17, 15) is 23.5 Å². The molecule has 1 unspecified atom stereocenters. The third-order valence-corrected chi connectivity index (χ3v) is 5.57. The molecule has 3 heterocycles. The summed E-state index contributed by atoms with van der Waals surface area (Å²) in [5.41, 5.74) is 0.0480. The number of alkyl halides is 2. The summed E-state index contributed by atoms with van der Waals surface area (Å²) in [7, 11) is 1.12. The molecule has 164 valence electrons. The number of hydrogen-bond acceptors (Lipinski definition) is 6. The van der Waals surface area contributed by atoms with Crippen LogP contribution >= 0.6 is 0 Å². The first kappa shape index (κ1) is 20.8. The van der Waals surface area contributed by atoms with Crippen molar-refractivity contribution in [1.29, 1.82) is 0 Å². The van der Waals surface area contributed by atoms with Crippen molar-refractivity contribution in [3.8, 4) is 22.9 Å². The van der Waals surface area contributed by atoms with E-state index in [0.29, 0.717) is 23.4 Å². The number of aromatic nitrogens is 3. The lowest BCUT2D eigenvalue weighted by Gasteiger charge is -2.35. The summed E-state index contributed by atoms with van der Waals surface area (Å²) in [5, 5.41) is 10.9. The Morgan fingerprint density at radius 3 is 2.71 bits per heavy atom. The molecule has 2 N–H and O–H groups in total. The molecule has 3 aromatic rings. The first-order valence-electron chi connectivity index (χ1n) is 9.57. The van der Waals surface area contributed by atoms with E-state index in [-0.39, 0.29) is 23.0 Å². The van der Waals surface area contributed by atoms with Crippen molar-refractivity contribution in [2.45, 2.75) is 39.7 Å². The molecule has 0 saturated carbocycles. The molecule has 1 aliphatic carbocycles. The number of imidazole rings is 1. The molecule has 31 heavy (non-hydrogen) atoms. The van der Waals surface area contributed by atoms with Crippen LogP contribution in [0.5, 0.6) is 11.5 Å². The van der Waals surface area contributed by atoms with Crippen molar-refractivity contribution >= 4 is 11.6 Å². The van der Waals surface area contributed by atoms with Gasteiger partial charge >= 0.3 is 12.6 Å². The van der Waals surface area contributed by atoms with Crippen LogP contribution in [-0.2, 0) is 11.2 Å². The number of H-pyrrole nitrogens is 1. The van der Waals surface area contributed by atoms with E-state index in [1.807, 2.05) is 20.8 Å². The lowest BCUT2D eigenvalue weighted by molar-refractivity contribution is -0.0491. The molecule has 1 atom stereocenters. The molecule has 0 saturated heterocycles. The topological polar surface area (TPSA) is 106 Å². The van der Waals surface area contributed by atoms with Crippen molar-refractivity contribution in [2.24, 2.45) is 5.41 Å². The third-order valence-electron chi connectivity index (χ3n) is 5.57. The Morgan fingerprint density at radius 1 is 1.39 bits per heavy atom. The van der Waals surface area contributed by atoms with E-state index < -0.39 is 34.9 Å². The molecule has 0 aromatic carbocycles. The number of nitrogens with zero attached hydrogens (tertiary/aromatic N) is 2. The van der Waals surface area contributed by atoms with E-state index in [2.05, 4.69) is 19.4 Å². The molecule has 0 radical (unpaired) electrons. The van der Waals surface area contributed by atoms with Crippen molar-refractivity contribution in [3.05, 3.63) is 45.5 Å². The molecule has 0 aliphatic heterocycles. The Balaban J connectivity index is 2.07. The summed E-state index contributed by atoms with van der Waals surface area (Å²) in [6.45, 7) is 2.86. The smallest absolute Gasteiger partial charge is 0.387 e. The summed E-state index contributed by atoms with van der Waals surface area (Å²) in [6, 6.07) is 2.94. The molecule has 8 nitrogen and oxygen atoms in total. The molecule has 0 spiro atoms. The molecular weight excluding hydrogens is 412 g/mol. The van der Waals surface area contributed by atoms with Crippen LogP contribution in [0.2, 0.25) is 0 Å². The standard InChI is InChI=1S/C21H21F2N3O5/c1-21(2,3)9-8-10-14(24-17-11(31-20(22)23)6-5-7-26(10)17)15-12(9)16(27)13(18(28)25-15)19(29)30-4/h5-7,9,20H,8H2,1-4H3,(H2,25,27,28). The predicted octanol–water partition coefficient (Wildman–Crippen LogP) is 3.47. The average molecular weight is 433 g/mol. The second-order valence-corrected chi connectivity index (χ2v) is 8.43. The largest absolute Gasteiger partial charge is 0.506 e. The van der Waals surface area contributed by atoms with E-state index >= 15 is 0 Å². The Hall–Kier alpha value is -3.43. The van der Waals surface area contributed by atoms with Crippen LogP contribution in [0.1, 0.15) is 48.3 Å². The minimum atomic E-state index is -3.03.